The van der Waals surface area contributed by atoms with Crippen LogP contribution in [0.5, 0.6) is 11.5 Å². The van der Waals surface area contributed by atoms with E-state index < -0.39 is 17.7 Å². The molecule has 4 rings (SSSR count). The first-order chi connectivity index (χ1) is 15.9. The van der Waals surface area contributed by atoms with Crippen molar-refractivity contribution in [2.75, 3.05) is 19.1 Å². The van der Waals surface area contributed by atoms with Crippen LogP contribution in [-0.4, -0.2) is 31.0 Å². The molecule has 1 aliphatic rings. The molecule has 1 N–H and O–H groups in total. The summed E-state index contributed by atoms with van der Waals surface area (Å²) < 4.78 is 11.7. The Bertz CT molecular complexity index is 1270. The Kier molecular flexibility index (Phi) is 6.24. The summed E-state index contributed by atoms with van der Waals surface area (Å²) >= 11 is 3.51. The van der Waals surface area contributed by atoms with E-state index in [-0.39, 0.29) is 11.3 Å². The molecule has 0 aromatic heterocycles. The van der Waals surface area contributed by atoms with Crippen molar-refractivity contribution >= 4 is 39.1 Å². The van der Waals surface area contributed by atoms with Crippen LogP contribution in [0, 0.1) is 6.92 Å². The van der Waals surface area contributed by atoms with Gasteiger partial charge in [-0.15, -0.1) is 0 Å². The molecule has 7 heteroatoms. The third-order valence-corrected chi connectivity index (χ3v) is 6.51. The Hall–Kier alpha value is -3.58. The maximum Gasteiger partial charge on any atom is 0.300 e. The Morgan fingerprint density at radius 3 is 2.33 bits per heavy atom. The number of carbonyl (C=O) groups excluding carboxylic acids is 2. The minimum absolute atomic E-state index is 0.00800. The fourth-order valence-electron chi connectivity index (χ4n) is 3.92. The Balaban J connectivity index is 2.00. The van der Waals surface area contributed by atoms with Gasteiger partial charge in [0.1, 0.15) is 17.3 Å². The van der Waals surface area contributed by atoms with E-state index >= 15 is 0 Å². The number of hydrogen-bond donors (Lipinski definition) is 1. The summed E-state index contributed by atoms with van der Waals surface area (Å²) in [5.41, 5.74) is 2.49. The van der Waals surface area contributed by atoms with Crippen LogP contribution in [0.4, 0.5) is 5.69 Å². The van der Waals surface area contributed by atoms with Gasteiger partial charge in [0.25, 0.3) is 11.7 Å². The molecular weight excluding hydrogens is 486 g/mol. The van der Waals surface area contributed by atoms with Crippen LogP contribution in [0.1, 0.15) is 22.7 Å². The zero-order valence-corrected chi connectivity index (χ0v) is 19.9. The number of methoxy groups -OCH3 is 2. The van der Waals surface area contributed by atoms with E-state index in [9.17, 15) is 14.7 Å². The van der Waals surface area contributed by atoms with Crippen molar-refractivity contribution in [2.45, 2.75) is 13.0 Å². The molecule has 1 fully saturated rings. The fourth-order valence-corrected chi connectivity index (χ4v) is 4.29. The van der Waals surface area contributed by atoms with Gasteiger partial charge in [-0.3, -0.25) is 14.5 Å². The number of anilines is 1. The van der Waals surface area contributed by atoms with Gasteiger partial charge in [0, 0.05) is 27.4 Å². The Morgan fingerprint density at radius 2 is 1.70 bits per heavy atom. The van der Waals surface area contributed by atoms with Crippen molar-refractivity contribution < 1.29 is 24.2 Å². The maximum atomic E-state index is 13.3. The van der Waals surface area contributed by atoms with Gasteiger partial charge < -0.3 is 14.6 Å². The van der Waals surface area contributed by atoms with Crippen LogP contribution in [0.25, 0.3) is 5.76 Å². The lowest BCUT2D eigenvalue weighted by molar-refractivity contribution is -0.132. The highest BCUT2D eigenvalue weighted by molar-refractivity contribution is 9.10. The third kappa shape index (κ3) is 4.00. The van der Waals surface area contributed by atoms with Crippen LogP contribution < -0.4 is 14.4 Å². The molecule has 168 valence electrons. The van der Waals surface area contributed by atoms with E-state index in [1.54, 1.807) is 61.7 Å². The van der Waals surface area contributed by atoms with Gasteiger partial charge in [-0.25, -0.2) is 0 Å². The van der Waals surface area contributed by atoms with Gasteiger partial charge in [0.2, 0.25) is 0 Å². The van der Waals surface area contributed by atoms with Gasteiger partial charge in [0.15, 0.2) is 0 Å². The summed E-state index contributed by atoms with van der Waals surface area (Å²) in [7, 11) is 3.05. The molecule has 1 heterocycles. The number of rotatable bonds is 5. The monoisotopic (exact) mass is 507 g/mol. The van der Waals surface area contributed by atoms with Gasteiger partial charge >= 0.3 is 0 Å². The first-order valence-corrected chi connectivity index (χ1v) is 11.0. The molecule has 1 unspecified atom stereocenters. The normalized spacial score (nSPS) is 17.3. The molecule has 0 radical (unpaired) electrons. The van der Waals surface area contributed by atoms with Crippen molar-refractivity contribution in [3.05, 3.63) is 93.5 Å². The van der Waals surface area contributed by atoms with E-state index in [0.717, 1.165) is 10.0 Å². The molecule has 0 saturated carbocycles. The summed E-state index contributed by atoms with van der Waals surface area (Å²) in [5.74, 6) is -0.752. The number of halogens is 1. The number of aryl methyl sites for hydroxylation is 1. The van der Waals surface area contributed by atoms with Crippen LogP contribution >= 0.6 is 15.9 Å². The van der Waals surface area contributed by atoms with Gasteiger partial charge in [0.05, 0.1) is 25.8 Å². The predicted octanol–water partition coefficient (Wildman–Crippen LogP) is 5.40. The lowest BCUT2D eigenvalue weighted by atomic mass is 9.94. The van der Waals surface area contributed by atoms with E-state index in [4.69, 9.17) is 9.47 Å². The lowest BCUT2D eigenvalue weighted by Gasteiger charge is -2.27. The zero-order valence-electron chi connectivity index (χ0n) is 18.3. The van der Waals surface area contributed by atoms with E-state index in [2.05, 4.69) is 15.9 Å². The number of aliphatic hydroxyl groups excluding tert-OH is 1. The van der Waals surface area contributed by atoms with Crippen molar-refractivity contribution in [1.82, 2.24) is 0 Å². The lowest BCUT2D eigenvalue weighted by Crippen LogP contribution is -2.29. The molecular formula is C26H22BrNO5. The largest absolute Gasteiger partial charge is 0.507 e. The van der Waals surface area contributed by atoms with E-state index in [1.807, 2.05) is 19.1 Å². The van der Waals surface area contributed by atoms with Crippen molar-refractivity contribution in [3.63, 3.8) is 0 Å². The molecule has 3 aromatic carbocycles. The molecule has 1 atom stereocenters. The Morgan fingerprint density at radius 1 is 0.970 bits per heavy atom. The molecule has 3 aromatic rings. The van der Waals surface area contributed by atoms with Gasteiger partial charge in [-0.2, -0.15) is 0 Å². The minimum Gasteiger partial charge on any atom is -0.507 e. The first kappa shape index (κ1) is 22.6. The molecule has 1 saturated heterocycles. The summed E-state index contributed by atoms with van der Waals surface area (Å²) in [6.07, 6.45) is 0. The number of Topliss-reactive ketones (excluding diaryl/α,β-unsaturated/α-hetero) is 1. The molecule has 0 spiro atoms. The topological polar surface area (TPSA) is 76.1 Å². The van der Waals surface area contributed by atoms with Gasteiger partial charge in [-0.05, 0) is 36.8 Å². The second kappa shape index (κ2) is 9.11. The number of amides is 1. The molecule has 33 heavy (non-hydrogen) atoms. The standard InChI is InChI=1S/C26H22BrNO5/c1-15-9-10-17(13-20(15)27)28-23(19-12-11-18(32-2)14-21(19)33-3)22(25(30)26(28)31)24(29)16-7-5-4-6-8-16/h4-14,23,29H,1-3H3/b24-22-. The quantitative estimate of drug-likeness (QED) is 0.284. The predicted molar refractivity (Wildman–Crippen MR) is 130 cm³/mol. The summed E-state index contributed by atoms with van der Waals surface area (Å²) in [4.78, 5) is 28.0. The van der Waals surface area contributed by atoms with Crippen LogP contribution in [-0.2, 0) is 9.59 Å². The van der Waals surface area contributed by atoms with E-state index in [0.29, 0.717) is 28.3 Å². The van der Waals surface area contributed by atoms with Crippen molar-refractivity contribution in [2.24, 2.45) is 0 Å². The minimum atomic E-state index is -0.902. The van der Waals surface area contributed by atoms with Crippen LogP contribution in [0.3, 0.4) is 0 Å². The summed E-state index contributed by atoms with van der Waals surface area (Å²) in [6, 6.07) is 18.4. The zero-order chi connectivity index (χ0) is 23.7. The SMILES string of the molecule is COc1ccc(C2/C(=C(/O)c3ccccc3)C(=O)C(=O)N2c2ccc(C)c(Br)c2)c(OC)c1. The molecule has 0 bridgehead atoms. The molecule has 1 aliphatic heterocycles. The van der Waals surface area contributed by atoms with Crippen molar-refractivity contribution in [1.29, 1.82) is 0 Å². The second-order valence-corrected chi connectivity index (χ2v) is 8.43. The summed E-state index contributed by atoms with van der Waals surface area (Å²) in [5, 5.41) is 11.2. The van der Waals surface area contributed by atoms with E-state index in [1.165, 1.54) is 12.0 Å². The molecule has 0 aliphatic carbocycles. The number of nitrogens with zero attached hydrogens (tertiary/aromatic N) is 1. The number of hydrogen-bond acceptors (Lipinski definition) is 5. The number of aliphatic hydroxyl groups is 1. The smallest absolute Gasteiger partial charge is 0.300 e. The highest BCUT2D eigenvalue weighted by Gasteiger charge is 2.48. The highest BCUT2D eigenvalue weighted by atomic mass is 79.9. The van der Waals surface area contributed by atoms with Crippen molar-refractivity contribution in [3.8, 4) is 11.5 Å². The third-order valence-electron chi connectivity index (χ3n) is 5.66. The number of carbonyl (C=O) groups is 2. The Labute approximate surface area is 200 Å². The first-order valence-electron chi connectivity index (χ1n) is 10.2. The number of benzene rings is 3. The average molecular weight is 508 g/mol. The number of ketones is 1. The highest BCUT2D eigenvalue weighted by Crippen LogP contribution is 2.46. The number of ether oxygens (including phenoxy) is 2. The van der Waals surface area contributed by atoms with Gasteiger partial charge in [-0.1, -0.05) is 52.3 Å². The summed E-state index contributed by atoms with van der Waals surface area (Å²) in [6.45, 7) is 1.93. The van der Waals surface area contributed by atoms with Crippen LogP contribution in [0.15, 0.2) is 76.8 Å². The van der Waals surface area contributed by atoms with Crippen LogP contribution in [0.2, 0.25) is 0 Å². The molecule has 1 amide bonds. The second-order valence-electron chi connectivity index (χ2n) is 7.58. The fraction of sp³-hybridized carbons (Fsp3) is 0.154. The molecule has 6 nitrogen and oxygen atoms in total. The maximum absolute atomic E-state index is 13.3. The average Bonchev–Trinajstić information content (AvgIpc) is 3.10.